The molecule has 1 unspecified atom stereocenters. The third kappa shape index (κ3) is 2.44. The number of hydrogen-bond donors (Lipinski definition) is 1. The largest absolute Gasteiger partial charge is 0.389 e. The molecule has 1 atom stereocenters. The van der Waals surface area contributed by atoms with Crippen LogP contribution in [0.3, 0.4) is 0 Å². The van der Waals surface area contributed by atoms with Crippen molar-refractivity contribution >= 4 is 5.82 Å². The first-order chi connectivity index (χ1) is 8.25. The lowest BCUT2D eigenvalue weighted by Crippen LogP contribution is -2.30. The van der Waals surface area contributed by atoms with Crippen LogP contribution in [0.1, 0.15) is 44.3 Å². The fraction of sp³-hybridized carbons (Fsp3) is 0.643. The highest BCUT2D eigenvalue weighted by atomic mass is 16.3. The van der Waals surface area contributed by atoms with Crippen LogP contribution in [-0.4, -0.2) is 22.7 Å². The van der Waals surface area contributed by atoms with E-state index in [9.17, 15) is 5.11 Å². The quantitative estimate of drug-likeness (QED) is 0.847. The molecular formula is C14H20N2O. The molecule has 1 aromatic rings. The van der Waals surface area contributed by atoms with Crippen LogP contribution >= 0.6 is 0 Å². The Morgan fingerprint density at radius 2 is 2.18 bits per heavy atom. The molecule has 1 heterocycles. The summed E-state index contributed by atoms with van der Waals surface area (Å²) in [5.74, 6) is 1.87. The van der Waals surface area contributed by atoms with E-state index in [2.05, 4.69) is 9.88 Å². The van der Waals surface area contributed by atoms with Gasteiger partial charge in [0.05, 0.1) is 6.10 Å². The lowest BCUT2D eigenvalue weighted by molar-refractivity contribution is 0.199. The van der Waals surface area contributed by atoms with Crippen LogP contribution in [-0.2, 0) is 0 Å². The van der Waals surface area contributed by atoms with Crippen molar-refractivity contribution in [2.45, 2.75) is 44.8 Å². The van der Waals surface area contributed by atoms with Gasteiger partial charge >= 0.3 is 0 Å². The van der Waals surface area contributed by atoms with E-state index in [1.165, 1.54) is 25.7 Å². The van der Waals surface area contributed by atoms with Gasteiger partial charge in [0.25, 0.3) is 0 Å². The molecule has 2 aliphatic rings. The minimum absolute atomic E-state index is 0.431. The number of aromatic nitrogens is 1. The molecule has 0 bridgehead atoms. The number of rotatable bonds is 5. The smallest absolute Gasteiger partial charge is 0.134 e. The van der Waals surface area contributed by atoms with Gasteiger partial charge in [0, 0.05) is 24.3 Å². The number of anilines is 1. The molecule has 3 nitrogen and oxygen atoms in total. The molecule has 2 saturated carbocycles. The van der Waals surface area contributed by atoms with Gasteiger partial charge in [-0.25, -0.2) is 4.98 Å². The Balaban J connectivity index is 1.87. The molecule has 0 radical (unpaired) electrons. The first-order valence-electron chi connectivity index (χ1n) is 6.65. The molecule has 0 aromatic carbocycles. The molecule has 0 spiro atoms. The third-order valence-corrected chi connectivity index (χ3v) is 3.68. The summed E-state index contributed by atoms with van der Waals surface area (Å²) in [6, 6.07) is 4.58. The molecule has 3 rings (SSSR count). The maximum absolute atomic E-state index is 9.84. The van der Waals surface area contributed by atoms with E-state index in [-0.39, 0.29) is 0 Å². The van der Waals surface area contributed by atoms with Crippen molar-refractivity contribution < 1.29 is 5.11 Å². The van der Waals surface area contributed by atoms with Crippen molar-refractivity contribution in [1.29, 1.82) is 0 Å². The zero-order valence-electron chi connectivity index (χ0n) is 10.3. The summed E-state index contributed by atoms with van der Waals surface area (Å²) in [5, 5.41) is 9.84. The standard InChI is InChI=1S/C14H20N2O/c1-10(17)13-3-2-8-15-14(13)16(12-6-7-12)9-11-4-5-11/h2-3,8,10-12,17H,4-7,9H2,1H3. The molecule has 0 saturated heterocycles. The number of nitrogens with zero attached hydrogens (tertiary/aromatic N) is 2. The summed E-state index contributed by atoms with van der Waals surface area (Å²) >= 11 is 0. The number of pyridine rings is 1. The summed E-state index contributed by atoms with van der Waals surface area (Å²) in [7, 11) is 0. The van der Waals surface area contributed by atoms with E-state index in [0.717, 1.165) is 23.8 Å². The molecule has 2 fully saturated rings. The first-order valence-corrected chi connectivity index (χ1v) is 6.65. The fourth-order valence-corrected chi connectivity index (χ4v) is 2.35. The Morgan fingerprint density at radius 3 is 2.76 bits per heavy atom. The zero-order chi connectivity index (χ0) is 11.8. The second-order valence-corrected chi connectivity index (χ2v) is 5.42. The normalized spacial score (nSPS) is 21.3. The minimum atomic E-state index is -0.431. The molecule has 0 amide bonds. The molecule has 1 N–H and O–H groups in total. The highest BCUT2D eigenvalue weighted by molar-refractivity contribution is 5.50. The van der Waals surface area contributed by atoms with Crippen LogP contribution < -0.4 is 4.90 Å². The number of aliphatic hydroxyl groups is 1. The van der Waals surface area contributed by atoms with Crippen LogP contribution in [0.15, 0.2) is 18.3 Å². The molecule has 92 valence electrons. The maximum atomic E-state index is 9.84. The average Bonchev–Trinajstić information content (AvgIpc) is 3.17. The molecular weight excluding hydrogens is 212 g/mol. The molecule has 0 aliphatic heterocycles. The van der Waals surface area contributed by atoms with Gasteiger partial charge in [-0.2, -0.15) is 0 Å². The molecule has 2 aliphatic carbocycles. The number of hydrogen-bond acceptors (Lipinski definition) is 3. The van der Waals surface area contributed by atoms with E-state index in [1.807, 2.05) is 25.3 Å². The summed E-state index contributed by atoms with van der Waals surface area (Å²) in [5.41, 5.74) is 0.972. The van der Waals surface area contributed by atoms with Gasteiger partial charge < -0.3 is 10.0 Å². The van der Waals surface area contributed by atoms with Crippen LogP contribution in [0, 0.1) is 5.92 Å². The fourth-order valence-electron chi connectivity index (χ4n) is 2.35. The van der Waals surface area contributed by atoms with Gasteiger partial charge in [0.2, 0.25) is 0 Å². The van der Waals surface area contributed by atoms with Gasteiger partial charge in [-0.15, -0.1) is 0 Å². The lowest BCUT2D eigenvalue weighted by atomic mass is 10.1. The highest BCUT2D eigenvalue weighted by Crippen LogP contribution is 2.38. The van der Waals surface area contributed by atoms with Crippen molar-refractivity contribution in [1.82, 2.24) is 4.98 Å². The summed E-state index contributed by atoms with van der Waals surface area (Å²) in [6.45, 7) is 2.95. The second kappa shape index (κ2) is 4.30. The zero-order valence-corrected chi connectivity index (χ0v) is 10.3. The van der Waals surface area contributed by atoms with Crippen LogP contribution in [0.25, 0.3) is 0 Å². The van der Waals surface area contributed by atoms with Gasteiger partial charge in [0.15, 0.2) is 0 Å². The second-order valence-electron chi connectivity index (χ2n) is 5.42. The van der Waals surface area contributed by atoms with Gasteiger partial charge in [-0.05, 0) is 44.6 Å². The highest BCUT2D eigenvalue weighted by Gasteiger charge is 2.35. The van der Waals surface area contributed by atoms with Crippen molar-refractivity contribution in [3.8, 4) is 0 Å². The predicted octanol–water partition coefficient (Wildman–Crippen LogP) is 2.51. The topological polar surface area (TPSA) is 36.4 Å². The summed E-state index contributed by atoms with van der Waals surface area (Å²) in [4.78, 5) is 6.94. The van der Waals surface area contributed by atoms with Gasteiger partial charge in [-0.3, -0.25) is 0 Å². The van der Waals surface area contributed by atoms with Crippen LogP contribution in [0.5, 0.6) is 0 Å². The van der Waals surface area contributed by atoms with Crippen molar-refractivity contribution in [2.24, 2.45) is 5.92 Å². The van der Waals surface area contributed by atoms with E-state index in [4.69, 9.17) is 0 Å². The Hall–Kier alpha value is -1.09. The van der Waals surface area contributed by atoms with Crippen LogP contribution in [0.2, 0.25) is 0 Å². The Kier molecular flexibility index (Phi) is 2.79. The van der Waals surface area contributed by atoms with E-state index in [0.29, 0.717) is 6.04 Å². The summed E-state index contributed by atoms with van der Waals surface area (Å²) < 4.78 is 0. The Morgan fingerprint density at radius 1 is 1.41 bits per heavy atom. The van der Waals surface area contributed by atoms with E-state index in [1.54, 1.807) is 0 Å². The van der Waals surface area contributed by atoms with E-state index < -0.39 is 6.10 Å². The Labute approximate surface area is 102 Å². The third-order valence-electron chi connectivity index (χ3n) is 3.68. The first kappa shape index (κ1) is 11.0. The van der Waals surface area contributed by atoms with Crippen LogP contribution in [0.4, 0.5) is 5.82 Å². The molecule has 3 heteroatoms. The van der Waals surface area contributed by atoms with E-state index >= 15 is 0 Å². The summed E-state index contributed by atoms with van der Waals surface area (Å²) in [6.07, 6.45) is 6.69. The molecule has 17 heavy (non-hydrogen) atoms. The predicted molar refractivity (Wildman–Crippen MR) is 68.0 cm³/mol. The average molecular weight is 232 g/mol. The monoisotopic (exact) mass is 232 g/mol. The SMILES string of the molecule is CC(O)c1cccnc1N(CC1CC1)C1CC1. The molecule has 1 aromatic heterocycles. The van der Waals surface area contributed by atoms with Gasteiger partial charge in [0.1, 0.15) is 5.82 Å². The van der Waals surface area contributed by atoms with Gasteiger partial charge in [-0.1, -0.05) is 6.07 Å². The number of aliphatic hydroxyl groups excluding tert-OH is 1. The minimum Gasteiger partial charge on any atom is -0.389 e. The van der Waals surface area contributed by atoms with Crippen molar-refractivity contribution in [2.75, 3.05) is 11.4 Å². The van der Waals surface area contributed by atoms with Crippen molar-refractivity contribution in [3.63, 3.8) is 0 Å². The Bertz CT molecular complexity index is 397. The maximum Gasteiger partial charge on any atom is 0.134 e. The van der Waals surface area contributed by atoms with Crippen molar-refractivity contribution in [3.05, 3.63) is 23.9 Å². The lowest BCUT2D eigenvalue weighted by Gasteiger charge is -2.26.